The van der Waals surface area contributed by atoms with Crippen LogP contribution in [-0.2, 0) is 6.42 Å². The number of fused-ring (bicyclic) bond motifs is 2. The highest BCUT2D eigenvalue weighted by molar-refractivity contribution is 7.17. The predicted molar refractivity (Wildman–Crippen MR) is 119 cm³/mol. The summed E-state index contributed by atoms with van der Waals surface area (Å²) in [6, 6.07) is 15.5. The molecule has 0 saturated heterocycles. The van der Waals surface area contributed by atoms with Crippen LogP contribution in [0.5, 0.6) is 0 Å². The monoisotopic (exact) mass is 405 g/mol. The van der Waals surface area contributed by atoms with Crippen molar-refractivity contribution in [3.63, 3.8) is 0 Å². The number of nitrogens with zero attached hydrogens (tertiary/aromatic N) is 3. The maximum Gasteiger partial charge on any atom is 0.225 e. The van der Waals surface area contributed by atoms with E-state index in [0.29, 0.717) is 11.3 Å². The van der Waals surface area contributed by atoms with E-state index in [0.717, 1.165) is 22.5 Å². The van der Waals surface area contributed by atoms with Crippen molar-refractivity contribution < 1.29 is 0 Å². The van der Waals surface area contributed by atoms with Gasteiger partial charge < -0.3 is 4.90 Å². The fourth-order valence-corrected chi connectivity index (χ4v) is 5.42. The summed E-state index contributed by atoms with van der Waals surface area (Å²) in [7, 11) is 0. The summed E-state index contributed by atoms with van der Waals surface area (Å²) < 4.78 is 0. The minimum Gasteiger partial charge on any atom is -0.322 e. The molecule has 5 rings (SSSR count). The fraction of sp³-hybridized carbons (Fsp3) is 0.217. The zero-order valence-corrected chi connectivity index (χ0v) is 17.6. The summed E-state index contributed by atoms with van der Waals surface area (Å²) in [6.45, 7) is 6.53. The average molecular weight is 406 g/mol. The molecule has 0 aliphatic carbocycles. The van der Waals surface area contributed by atoms with E-state index in [1.807, 2.05) is 0 Å². The Kier molecular flexibility index (Phi) is 4.14. The molecule has 0 N–H and O–H groups in total. The molecule has 2 aromatic carbocycles. The third-order valence-corrected chi connectivity index (χ3v) is 6.54. The van der Waals surface area contributed by atoms with Gasteiger partial charge in [-0.3, -0.25) is 0 Å². The number of benzene rings is 2. The summed E-state index contributed by atoms with van der Waals surface area (Å²) in [4.78, 5) is 12.5. The molecule has 0 fully saturated rings. The van der Waals surface area contributed by atoms with Crippen molar-refractivity contribution in [2.75, 3.05) is 4.90 Å². The third kappa shape index (κ3) is 2.71. The van der Waals surface area contributed by atoms with Crippen molar-refractivity contribution in [3.8, 4) is 11.1 Å². The van der Waals surface area contributed by atoms with Gasteiger partial charge >= 0.3 is 0 Å². The fourth-order valence-electron chi connectivity index (χ4n) is 4.27. The minimum absolute atomic E-state index is 0.299. The molecule has 4 aromatic rings. The molecular weight excluding hydrogens is 386 g/mol. The van der Waals surface area contributed by atoms with Gasteiger partial charge in [-0.05, 0) is 61.5 Å². The van der Waals surface area contributed by atoms with Crippen molar-refractivity contribution >= 4 is 44.7 Å². The highest BCUT2D eigenvalue weighted by Crippen LogP contribution is 2.45. The van der Waals surface area contributed by atoms with E-state index in [1.54, 1.807) is 11.3 Å². The molecule has 0 bridgehead atoms. The van der Waals surface area contributed by atoms with Crippen LogP contribution in [0.1, 0.15) is 23.6 Å². The van der Waals surface area contributed by atoms with Gasteiger partial charge in [-0.1, -0.05) is 42.0 Å². The highest BCUT2D eigenvalue weighted by Gasteiger charge is 2.31. The number of rotatable bonds is 2. The van der Waals surface area contributed by atoms with Crippen LogP contribution in [0, 0.1) is 13.8 Å². The molecule has 0 saturated carbocycles. The molecule has 0 amide bonds. The van der Waals surface area contributed by atoms with E-state index in [4.69, 9.17) is 16.6 Å². The normalized spacial score (nSPS) is 16.0. The molecule has 1 atom stereocenters. The van der Waals surface area contributed by atoms with Gasteiger partial charge in [0.2, 0.25) is 5.28 Å². The van der Waals surface area contributed by atoms with Crippen LogP contribution in [0.25, 0.3) is 21.3 Å². The van der Waals surface area contributed by atoms with E-state index < -0.39 is 0 Å². The lowest BCUT2D eigenvalue weighted by Crippen LogP contribution is -2.25. The van der Waals surface area contributed by atoms with Crippen LogP contribution < -0.4 is 4.90 Å². The molecule has 0 spiro atoms. The molecule has 0 radical (unpaired) electrons. The van der Waals surface area contributed by atoms with E-state index in [2.05, 4.69) is 78.5 Å². The first-order valence-corrected chi connectivity index (χ1v) is 10.7. The lowest BCUT2D eigenvalue weighted by Gasteiger charge is -2.25. The van der Waals surface area contributed by atoms with Crippen LogP contribution in [0.4, 0.5) is 11.5 Å². The predicted octanol–water partition coefficient (Wildman–Crippen LogP) is 6.71. The number of anilines is 2. The quantitative estimate of drug-likeness (QED) is 0.347. The van der Waals surface area contributed by atoms with Crippen molar-refractivity contribution in [2.45, 2.75) is 33.2 Å². The standard InChI is InChI=1S/C23H20ClN3S/c1-13-8-9-17(14(2)10-13)18-12-28-22-20(18)21(25-23(24)26-22)27-15(3)11-16-6-4-5-7-19(16)27/h4-10,12,15H,11H2,1-3H3. The van der Waals surface area contributed by atoms with Crippen molar-refractivity contribution in [2.24, 2.45) is 0 Å². The Hall–Kier alpha value is -2.43. The Morgan fingerprint density at radius 3 is 2.71 bits per heavy atom. The van der Waals surface area contributed by atoms with E-state index >= 15 is 0 Å². The number of halogens is 1. The van der Waals surface area contributed by atoms with Gasteiger partial charge in [0.25, 0.3) is 0 Å². The summed E-state index contributed by atoms with van der Waals surface area (Å²) in [5.41, 5.74) is 7.49. The summed E-state index contributed by atoms with van der Waals surface area (Å²) in [6.07, 6.45) is 1.00. The van der Waals surface area contributed by atoms with Gasteiger partial charge in [0.15, 0.2) is 0 Å². The summed E-state index contributed by atoms with van der Waals surface area (Å²) >= 11 is 7.97. The highest BCUT2D eigenvalue weighted by atomic mass is 35.5. The molecular formula is C23H20ClN3S. The molecule has 140 valence electrons. The first-order chi connectivity index (χ1) is 13.5. The Bertz CT molecular complexity index is 1210. The number of thiophene rings is 1. The number of hydrogen-bond acceptors (Lipinski definition) is 4. The van der Waals surface area contributed by atoms with Gasteiger partial charge in [0.1, 0.15) is 10.6 Å². The molecule has 3 nitrogen and oxygen atoms in total. The molecule has 2 aromatic heterocycles. The van der Waals surface area contributed by atoms with Gasteiger partial charge in [0, 0.05) is 22.7 Å². The topological polar surface area (TPSA) is 29.0 Å². The van der Waals surface area contributed by atoms with Crippen LogP contribution in [-0.4, -0.2) is 16.0 Å². The molecule has 3 heterocycles. The van der Waals surface area contributed by atoms with Crippen molar-refractivity contribution in [1.82, 2.24) is 9.97 Å². The maximum atomic E-state index is 6.34. The van der Waals surface area contributed by atoms with E-state index in [9.17, 15) is 0 Å². The summed E-state index contributed by atoms with van der Waals surface area (Å²) in [5, 5.41) is 3.57. The van der Waals surface area contributed by atoms with Gasteiger partial charge in [0.05, 0.1) is 5.39 Å². The van der Waals surface area contributed by atoms with Crippen LogP contribution in [0.2, 0.25) is 5.28 Å². The van der Waals surface area contributed by atoms with Gasteiger partial charge in [-0.2, -0.15) is 4.98 Å². The number of para-hydroxylation sites is 1. The van der Waals surface area contributed by atoms with Gasteiger partial charge in [-0.25, -0.2) is 4.98 Å². The number of hydrogen-bond donors (Lipinski definition) is 0. The average Bonchev–Trinajstić information content (AvgIpc) is 3.21. The summed E-state index contributed by atoms with van der Waals surface area (Å²) in [5.74, 6) is 0.906. The lowest BCUT2D eigenvalue weighted by molar-refractivity contribution is 0.752. The van der Waals surface area contributed by atoms with Crippen LogP contribution in [0.15, 0.2) is 47.8 Å². The Labute approximate surface area is 173 Å². The maximum absolute atomic E-state index is 6.34. The van der Waals surface area contributed by atoms with Crippen molar-refractivity contribution in [3.05, 3.63) is 69.8 Å². The largest absolute Gasteiger partial charge is 0.322 e. The molecule has 1 unspecified atom stereocenters. The Morgan fingerprint density at radius 2 is 1.89 bits per heavy atom. The zero-order valence-electron chi connectivity index (χ0n) is 16.0. The van der Waals surface area contributed by atoms with E-state index in [1.165, 1.54) is 33.5 Å². The second kappa shape index (κ2) is 6.57. The second-order valence-corrected chi connectivity index (χ2v) is 8.71. The first kappa shape index (κ1) is 17.7. The second-order valence-electron chi connectivity index (χ2n) is 7.52. The molecule has 1 aliphatic heterocycles. The number of aryl methyl sites for hydroxylation is 2. The van der Waals surface area contributed by atoms with Crippen molar-refractivity contribution in [1.29, 1.82) is 0 Å². The Balaban J connectivity index is 1.79. The van der Waals surface area contributed by atoms with Crippen LogP contribution in [0.3, 0.4) is 0 Å². The molecule has 5 heteroatoms. The molecule has 28 heavy (non-hydrogen) atoms. The Morgan fingerprint density at radius 1 is 1.07 bits per heavy atom. The van der Waals surface area contributed by atoms with Gasteiger partial charge in [-0.15, -0.1) is 11.3 Å². The third-order valence-electron chi connectivity index (χ3n) is 5.49. The SMILES string of the molecule is Cc1ccc(-c2csc3nc(Cl)nc(N4c5ccccc5CC4C)c23)c(C)c1. The first-order valence-electron chi connectivity index (χ1n) is 9.42. The zero-order chi connectivity index (χ0) is 19.4. The van der Waals surface area contributed by atoms with E-state index in [-0.39, 0.29) is 0 Å². The smallest absolute Gasteiger partial charge is 0.225 e. The lowest BCUT2D eigenvalue weighted by atomic mass is 9.99. The molecule has 1 aliphatic rings. The van der Waals surface area contributed by atoms with Crippen LogP contribution >= 0.6 is 22.9 Å². The minimum atomic E-state index is 0.299. The number of aromatic nitrogens is 2.